The highest BCUT2D eigenvalue weighted by atomic mass is 35.5. The van der Waals surface area contributed by atoms with Crippen molar-refractivity contribution < 1.29 is 18.3 Å². The lowest BCUT2D eigenvalue weighted by molar-refractivity contribution is -0.141. The highest BCUT2D eigenvalue weighted by Crippen LogP contribution is 2.28. The van der Waals surface area contributed by atoms with Crippen LogP contribution in [0.3, 0.4) is 0 Å². The lowest BCUT2D eigenvalue weighted by Gasteiger charge is -2.26. The fraction of sp³-hybridized carbons (Fsp3) is 0.188. The van der Waals surface area contributed by atoms with E-state index in [1.807, 2.05) is 0 Å². The van der Waals surface area contributed by atoms with Gasteiger partial charge in [0.05, 0.1) is 14.9 Å². The third-order valence-electron chi connectivity index (χ3n) is 3.47. The molecular formula is C16H15Cl2NO4S. The minimum absolute atomic E-state index is 0.0725. The van der Waals surface area contributed by atoms with Crippen molar-refractivity contribution in [1.29, 1.82) is 0 Å². The molecule has 24 heavy (non-hydrogen) atoms. The van der Waals surface area contributed by atoms with E-state index >= 15 is 0 Å². The van der Waals surface area contributed by atoms with Crippen LogP contribution in [-0.4, -0.2) is 29.8 Å². The molecule has 0 fully saturated rings. The predicted octanol–water partition coefficient (Wildman–Crippen LogP) is 3.66. The summed E-state index contributed by atoms with van der Waals surface area (Å²) in [5.74, 6) is -1.24. The summed E-state index contributed by atoms with van der Waals surface area (Å²) in [7, 11) is -4.07. The minimum atomic E-state index is -4.07. The van der Waals surface area contributed by atoms with Gasteiger partial charge in [-0.05, 0) is 30.7 Å². The largest absolute Gasteiger partial charge is 0.480 e. The van der Waals surface area contributed by atoms with Gasteiger partial charge >= 0.3 is 5.97 Å². The maximum atomic E-state index is 12.9. The number of carbonyl (C=O) groups is 1. The van der Waals surface area contributed by atoms with E-state index in [-0.39, 0.29) is 21.5 Å². The first-order valence-electron chi connectivity index (χ1n) is 6.97. The monoisotopic (exact) mass is 387 g/mol. The summed E-state index contributed by atoms with van der Waals surface area (Å²) in [4.78, 5) is 11.3. The summed E-state index contributed by atoms with van der Waals surface area (Å²) in [6.07, 6.45) is 0. The van der Waals surface area contributed by atoms with E-state index in [1.54, 1.807) is 30.3 Å². The van der Waals surface area contributed by atoms with E-state index < -0.39 is 22.0 Å². The third-order valence-corrected chi connectivity index (χ3v) is 6.12. The van der Waals surface area contributed by atoms with Crippen LogP contribution < -0.4 is 0 Å². The fourth-order valence-corrected chi connectivity index (χ4v) is 4.06. The Hall–Kier alpha value is -1.60. The first kappa shape index (κ1) is 18.7. The maximum absolute atomic E-state index is 12.9. The molecule has 0 saturated carbocycles. The van der Waals surface area contributed by atoms with Crippen LogP contribution in [0, 0.1) is 0 Å². The zero-order chi connectivity index (χ0) is 17.9. The Labute approximate surface area is 150 Å². The number of rotatable bonds is 6. The molecular weight excluding hydrogens is 373 g/mol. The van der Waals surface area contributed by atoms with Gasteiger partial charge in [-0.2, -0.15) is 4.31 Å². The summed E-state index contributed by atoms with van der Waals surface area (Å²) in [5, 5.41) is 9.59. The molecule has 0 radical (unpaired) electrons. The van der Waals surface area contributed by atoms with E-state index in [2.05, 4.69) is 0 Å². The summed E-state index contributed by atoms with van der Waals surface area (Å²) in [6, 6.07) is 11.4. The lowest BCUT2D eigenvalue weighted by Crippen LogP contribution is -2.42. The van der Waals surface area contributed by atoms with Gasteiger partial charge in [-0.15, -0.1) is 0 Å². The second kappa shape index (κ2) is 7.53. The number of halogens is 2. The molecule has 8 heteroatoms. The van der Waals surface area contributed by atoms with Crippen LogP contribution in [0.4, 0.5) is 0 Å². The highest BCUT2D eigenvalue weighted by molar-refractivity contribution is 7.89. The Bertz CT molecular complexity index is 840. The fourth-order valence-electron chi connectivity index (χ4n) is 2.09. The summed E-state index contributed by atoms with van der Waals surface area (Å²) in [6.45, 7) is 1.25. The summed E-state index contributed by atoms with van der Waals surface area (Å²) < 4.78 is 26.7. The van der Waals surface area contributed by atoms with Crippen molar-refractivity contribution in [2.45, 2.75) is 24.4 Å². The molecule has 0 aliphatic carbocycles. The summed E-state index contributed by atoms with van der Waals surface area (Å²) in [5.41, 5.74) is 0.675. The predicted molar refractivity (Wildman–Crippen MR) is 92.7 cm³/mol. The van der Waals surface area contributed by atoms with E-state index in [0.29, 0.717) is 5.56 Å². The maximum Gasteiger partial charge on any atom is 0.321 e. The molecule has 1 unspecified atom stereocenters. The molecule has 0 aliphatic heterocycles. The Balaban J connectivity index is 2.48. The number of nitrogens with zero attached hydrogens (tertiary/aromatic N) is 1. The van der Waals surface area contributed by atoms with Crippen molar-refractivity contribution >= 4 is 39.2 Å². The van der Waals surface area contributed by atoms with Crippen LogP contribution in [0.5, 0.6) is 0 Å². The molecule has 2 aromatic carbocycles. The average molecular weight is 388 g/mol. The minimum Gasteiger partial charge on any atom is -0.480 e. The number of benzene rings is 2. The molecule has 128 valence electrons. The van der Waals surface area contributed by atoms with Crippen molar-refractivity contribution in [3.05, 3.63) is 64.1 Å². The number of hydrogen-bond donors (Lipinski definition) is 1. The SMILES string of the molecule is CC(C(=O)O)N(Cc1ccccc1)S(=O)(=O)c1ccc(Cl)c(Cl)c1. The topological polar surface area (TPSA) is 74.7 Å². The smallest absolute Gasteiger partial charge is 0.321 e. The van der Waals surface area contributed by atoms with Gasteiger partial charge in [-0.3, -0.25) is 4.79 Å². The van der Waals surface area contributed by atoms with Crippen molar-refractivity contribution in [3.8, 4) is 0 Å². The number of hydrogen-bond acceptors (Lipinski definition) is 3. The lowest BCUT2D eigenvalue weighted by atomic mass is 10.2. The van der Waals surface area contributed by atoms with Crippen molar-refractivity contribution in [1.82, 2.24) is 4.31 Å². The van der Waals surface area contributed by atoms with Crippen molar-refractivity contribution in [2.75, 3.05) is 0 Å². The van der Waals surface area contributed by atoms with Crippen LogP contribution >= 0.6 is 23.2 Å². The van der Waals surface area contributed by atoms with Gasteiger partial charge in [0.2, 0.25) is 10.0 Å². The van der Waals surface area contributed by atoms with Crippen LogP contribution in [0.25, 0.3) is 0 Å². The number of carboxylic acid groups (broad SMARTS) is 1. The molecule has 0 saturated heterocycles. The standard InChI is InChI=1S/C16H15Cl2NO4S/c1-11(16(20)21)19(10-12-5-3-2-4-6-12)24(22,23)13-7-8-14(17)15(18)9-13/h2-9,11H,10H2,1H3,(H,20,21). The van der Waals surface area contributed by atoms with E-state index in [0.717, 1.165) is 4.31 Å². The zero-order valence-electron chi connectivity index (χ0n) is 12.7. The van der Waals surface area contributed by atoms with Gasteiger partial charge < -0.3 is 5.11 Å². The van der Waals surface area contributed by atoms with Gasteiger partial charge in [-0.1, -0.05) is 53.5 Å². The van der Waals surface area contributed by atoms with Crippen LogP contribution in [0.15, 0.2) is 53.4 Å². The molecule has 0 aliphatic rings. The Morgan fingerprint density at radius 1 is 1.12 bits per heavy atom. The van der Waals surface area contributed by atoms with E-state index in [1.165, 1.54) is 25.1 Å². The molecule has 2 rings (SSSR count). The molecule has 1 atom stereocenters. The van der Waals surface area contributed by atoms with Gasteiger partial charge in [0, 0.05) is 6.54 Å². The molecule has 0 aromatic heterocycles. The highest BCUT2D eigenvalue weighted by Gasteiger charge is 2.33. The van der Waals surface area contributed by atoms with Crippen LogP contribution in [0.2, 0.25) is 10.0 Å². The Kier molecular flexibility index (Phi) is 5.87. The Morgan fingerprint density at radius 3 is 2.29 bits per heavy atom. The summed E-state index contributed by atoms with van der Waals surface area (Å²) >= 11 is 11.7. The van der Waals surface area contributed by atoms with Crippen LogP contribution in [0.1, 0.15) is 12.5 Å². The quantitative estimate of drug-likeness (QED) is 0.820. The van der Waals surface area contributed by atoms with Crippen molar-refractivity contribution in [3.63, 3.8) is 0 Å². The normalized spacial score (nSPS) is 13.0. The van der Waals surface area contributed by atoms with Crippen LogP contribution in [-0.2, 0) is 21.4 Å². The van der Waals surface area contributed by atoms with Gasteiger partial charge in [0.25, 0.3) is 0 Å². The van der Waals surface area contributed by atoms with Gasteiger partial charge in [-0.25, -0.2) is 8.42 Å². The second-order valence-electron chi connectivity index (χ2n) is 5.13. The third kappa shape index (κ3) is 4.08. The molecule has 5 nitrogen and oxygen atoms in total. The number of carboxylic acids is 1. The van der Waals surface area contributed by atoms with Gasteiger partial charge in [0.1, 0.15) is 6.04 Å². The molecule has 0 spiro atoms. The van der Waals surface area contributed by atoms with Gasteiger partial charge in [0.15, 0.2) is 0 Å². The first-order valence-corrected chi connectivity index (χ1v) is 9.16. The molecule has 0 heterocycles. The molecule has 2 aromatic rings. The first-order chi connectivity index (χ1) is 11.2. The molecule has 1 N–H and O–H groups in total. The number of sulfonamides is 1. The Morgan fingerprint density at radius 2 is 1.75 bits per heavy atom. The molecule has 0 amide bonds. The molecule has 0 bridgehead atoms. The average Bonchev–Trinajstić information content (AvgIpc) is 2.55. The van der Waals surface area contributed by atoms with E-state index in [4.69, 9.17) is 23.2 Å². The second-order valence-corrected chi connectivity index (χ2v) is 7.83. The van der Waals surface area contributed by atoms with Crippen molar-refractivity contribution in [2.24, 2.45) is 0 Å². The van der Waals surface area contributed by atoms with E-state index in [9.17, 15) is 18.3 Å². The zero-order valence-corrected chi connectivity index (χ0v) is 15.0. The number of aliphatic carboxylic acids is 1.